The maximum absolute atomic E-state index is 12.2. The first-order chi connectivity index (χ1) is 12.5. The number of esters is 1. The van der Waals surface area contributed by atoms with Gasteiger partial charge in [0.15, 0.2) is 0 Å². The van der Waals surface area contributed by atoms with E-state index in [-0.39, 0.29) is 29.5 Å². The Labute approximate surface area is 161 Å². The summed E-state index contributed by atoms with van der Waals surface area (Å²) in [5.74, 6) is 1.31. The van der Waals surface area contributed by atoms with Gasteiger partial charge in [0.2, 0.25) is 0 Å². The molecule has 0 aromatic carbocycles. The monoisotopic (exact) mass is 364 g/mol. The Kier molecular flexibility index (Phi) is 11.6. The number of hydrogen-bond donors (Lipinski definition) is 0. The Morgan fingerprint density at radius 2 is 1.85 bits per heavy atom. The second-order valence-electron chi connectivity index (χ2n) is 8.25. The molecule has 0 spiro atoms. The van der Waals surface area contributed by atoms with Crippen molar-refractivity contribution in [2.24, 2.45) is 23.7 Å². The van der Waals surface area contributed by atoms with Crippen molar-refractivity contribution in [3.63, 3.8) is 0 Å². The van der Waals surface area contributed by atoms with Crippen LogP contribution in [-0.4, -0.2) is 18.4 Å². The van der Waals surface area contributed by atoms with Gasteiger partial charge in [-0.25, -0.2) is 0 Å². The lowest BCUT2D eigenvalue weighted by molar-refractivity contribution is -0.144. The van der Waals surface area contributed by atoms with Crippen LogP contribution in [0.3, 0.4) is 0 Å². The smallest absolute Gasteiger partial charge is 0.305 e. The van der Waals surface area contributed by atoms with E-state index in [4.69, 9.17) is 4.74 Å². The molecule has 2 unspecified atom stereocenters. The van der Waals surface area contributed by atoms with Crippen LogP contribution in [-0.2, 0) is 14.3 Å². The summed E-state index contributed by atoms with van der Waals surface area (Å²) in [5.41, 5.74) is 0. The zero-order chi connectivity index (χ0) is 19.4. The number of ether oxygens (including phenoxy) is 1. The highest BCUT2D eigenvalue weighted by Gasteiger charge is 2.28. The quantitative estimate of drug-likeness (QED) is 0.225. The van der Waals surface area contributed by atoms with Gasteiger partial charge in [0.05, 0.1) is 6.61 Å². The first-order valence-electron chi connectivity index (χ1n) is 10.8. The van der Waals surface area contributed by atoms with Gasteiger partial charge in [-0.1, -0.05) is 65.4 Å². The number of rotatable bonds is 13. The third-order valence-corrected chi connectivity index (χ3v) is 5.88. The third kappa shape index (κ3) is 8.51. The molecule has 0 aromatic rings. The van der Waals surface area contributed by atoms with Crippen LogP contribution < -0.4 is 0 Å². The SMILES string of the molecule is C=CC(CCC(=O)OCCCCC1CCCCC1)C(C(=O)CC)C(C)C. The molecule has 3 heteroatoms. The molecule has 0 heterocycles. The van der Waals surface area contributed by atoms with Gasteiger partial charge in [-0.3, -0.25) is 9.59 Å². The van der Waals surface area contributed by atoms with E-state index in [9.17, 15) is 9.59 Å². The molecule has 1 aliphatic rings. The third-order valence-electron chi connectivity index (χ3n) is 5.88. The summed E-state index contributed by atoms with van der Waals surface area (Å²) < 4.78 is 5.40. The average molecular weight is 365 g/mol. The van der Waals surface area contributed by atoms with Crippen molar-refractivity contribution in [3.8, 4) is 0 Å². The maximum atomic E-state index is 12.2. The van der Waals surface area contributed by atoms with E-state index < -0.39 is 0 Å². The first-order valence-corrected chi connectivity index (χ1v) is 10.8. The minimum absolute atomic E-state index is 0.0409. The van der Waals surface area contributed by atoms with Gasteiger partial charge in [-0.05, 0) is 37.0 Å². The van der Waals surface area contributed by atoms with Crippen molar-refractivity contribution in [2.45, 2.75) is 91.4 Å². The molecule has 1 aliphatic carbocycles. The predicted molar refractivity (Wildman–Crippen MR) is 108 cm³/mol. The van der Waals surface area contributed by atoms with Crippen molar-refractivity contribution in [2.75, 3.05) is 6.61 Å². The Balaban J connectivity index is 2.22. The fourth-order valence-corrected chi connectivity index (χ4v) is 4.34. The molecule has 0 aliphatic heterocycles. The summed E-state index contributed by atoms with van der Waals surface area (Å²) in [6.07, 6.45) is 13.8. The van der Waals surface area contributed by atoms with Crippen LogP contribution in [0.2, 0.25) is 0 Å². The molecule has 0 aromatic heterocycles. The summed E-state index contributed by atoms with van der Waals surface area (Å²) in [4.78, 5) is 24.2. The standard InChI is InChI=1S/C23H40O3/c1-5-20(23(18(3)4)21(24)6-2)15-16-22(25)26-17-11-10-14-19-12-8-7-9-13-19/h5,18-20,23H,1,6-17H2,2-4H3. The van der Waals surface area contributed by atoms with Gasteiger partial charge >= 0.3 is 5.97 Å². The van der Waals surface area contributed by atoms with E-state index in [0.29, 0.717) is 25.9 Å². The zero-order valence-corrected chi connectivity index (χ0v) is 17.3. The lowest BCUT2D eigenvalue weighted by atomic mass is 9.77. The van der Waals surface area contributed by atoms with E-state index in [1.165, 1.54) is 38.5 Å². The van der Waals surface area contributed by atoms with E-state index >= 15 is 0 Å². The Hall–Kier alpha value is -1.12. The van der Waals surface area contributed by atoms with Crippen molar-refractivity contribution in [3.05, 3.63) is 12.7 Å². The largest absolute Gasteiger partial charge is 0.466 e. The summed E-state index contributed by atoms with van der Waals surface area (Å²) in [5, 5.41) is 0. The molecule has 0 N–H and O–H groups in total. The molecule has 0 saturated heterocycles. The van der Waals surface area contributed by atoms with Crippen LogP contribution in [0.4, 0.5) is 0 Å². The van der Waals surface area contributed by atoms with E-state index in [1.807, 2.05) is 13.0 Å². The van der Waals surface area contributed by atoms with Gasteiger partial charge in [-0.15, -0.1) is 6.58 Å². The number of Topliss-reactive ketones (excluding diaryl/α,β-unsaturated/α-hetero) is 1. The van der Waals surface area contributed by atoms with Crippen molar-refractivity contribution >= 4 is 11.8 Å². The number of carbonyl (C=O) groups is 2. The van der Waals surface area contributed by atoms with Crippen LogP contribution >= 0.6 is 0 Å². The topological polar surface area (TPSA) is 43.4 Å². The molecule has 1 rings (SSSR count). The molecular weight excluding hydrogens is 324 g/mol. The molecule has 3 nitrogen and oxygen atoms in total. The number of allylic oxidation sites excluding steroid dienone is 1. The normalized spacial score (nSPS) is 17.7. The molecule has 1 saturated carbocycles. The molecule has 0 amide bonds. The van der Waals surface area contributed by atoms with Crippen molar-refractivity contribution in [1.82, 2.24) is 0 Å². The summed E-state index contributed by atoms with van der Waals surface area (Å²) in [6, 6.07) is 0. The highest BCUT2D eigenvalue weighted by molar-refractivity contribution is 5.81. The molecule has 26 heavy (non-hydrogen) atoms. The zero-order valence-electron chi connectivity index (χ0n) is 17.3. The van der Waals surface area contributed by atoms with Gasteiger partial charge < -0.3 is 4.74 Å². The van der Waals surface area contributed by atoms with Crippen LogP contribution in [0, 0.1) is 23.7 Å². The van der Waals surface area contributed by atoms with Crippen LogP contribution in [0.25, 0.3) is 0 Å². The van der Waals surface area contributed by atoms with Crippen LogP contribution in [0.15, 0.2) is 12.7 Å². The molecule has 150 valence electrons. The van der Waals surface area contributed by atoms with E-state index in [2.05, 4.69) is 20.4 Å². The number of ketones is 1. The maximum Gasteiger partial charge on any atom is 0.305 e. The minimum atomic E-state index is -0.138. The second-order valence-corrected chi connectivity index (χ2v) is 8.25. The highest BCUT2D eigenvalue weighted by Crippen LogP contribution is 2.29. The highest BCUT2D eigenvalue weighted by atomic mass is 16.5. The molecule has 1 fully saturated rings. The molecule has 0 radical (unpaired) electrons. The van der Waals surface area contributed by atoms with E-state index in [0.717, 1.165) is 18.8 Å². The number of unbranched alkanes of at least 4 members (excludes halogenated alkanes) is 1. The van der Waals surface area contributed by atoms with E-state index in [1.54, 1.807) is 0 Å². The fourth-order valence-electron chi connectivity index (χ4n) is 4.34. The first kappa shape index (κ1) is 22.9. The lowest BCUT2D eigenvalue weighted by Crippen LogP contribution is -2.27. The number of hydrogen-bond acceptors (Lipinski definition) is 3. The van der Waals surface area contributed by atoms with Gasteiger partial charge in [0.25, 0.3) is 0 Å². The Morgan fingerprint density at radius 3 is 2.42 bits per heavy atom. The summed E-state index contributed by atoms with van der Waals surface area (Å²) in [6.45, 7) is 10.5. The minimum Gasteiger partial charge on any atom is -0.466 e. The molecule has 0 bridgehead atoms. The Bertz CT molecular complexity index is 421. The summed E-state index contributed by atoms with van der Waals surface area (Å²) in [7, 11) is 0. The van der Waals surface area contributed by atoms with Crippen molar-refractivity contribution < 1.29 is 14.3 Å². The van der Waals surface area contributed by atoms with Gasteiger partial charge in [-0.2, -0.15) is 0 Å². The molecule has 2 atom stereocenters. The van der Waals surface area contributed by atoms with Gasteiger partial charge in [0.1, 0.15) is 5.78 Å². The Morgan fingerprint density at radius 1 is 1.15 bits per heavy atom. The second kappa shape index (κ2) is 13.1. The van der Waals surface area contributed by atoms with Crippen molar-refractivity contribution in [1.29, 1.82) is 0 Å². The fraction of sp³-hybridized carbons (Fsp3) is 0.826. The lowest BCUT2D eigenvalue weighted by Gasteiger charge is -2.26. The van der Waals surface area contributed by atoms with Crippen LogP contribution in [0.1, 0.15) is 91.4 Å². The average Bonchev–Trinajstić information content (AvgIpc) is 2.64. The molecular formula is C23H40O3. The summed E-state index contributed by atoms with van der Waals surface area (Å²) >= 11 is 0. The predicted octanol–water partition coefficient (Wildman–Crippen LogP) is 6.11. The van der Waals surface area contributed by atoms with Gasteiger partial charge in [0, 0.05) is 18.8 Å². The van der Waals surface area contributed by atoms with Crippen LogP contribution in [0.5, 0.6) is 0 Å². The number of carbonyl (C=O) groups excluding carboxylic acids is 2.